The largest absolute Gasteiger partial charge is 0.463 e. The zero-order valence-electron chi connectivity index (χ0n) is 16.2. The van der Waals surface area contributed by atoms with Gasteiger partial charge in [0.25, 0.3) is 0 Å². The van der Waals surface area contributed by atoms with Gasteiger partial charge in [-0.25, -0.2) is 9.97 Å². The summed E-state index contributed by atoms with van der Waals surface area (Å²) >= 11 is 0. The van der Waals surface area contributed by atoms with Crippen molar-refractivity contribution in [1.29, 1.82) is 0 Å². The van der Waals surface area contributed by atoms with E-state index in [0.29, 0.717) is 19.0 Å². The quantitative estimate of drug-likeness (QED) is 0.494. The SMILES string of the molecule is CCCCCCCCCOc1ncc(-c2ccccc2C(O)CC)cn1. The Kier molecular flexibility index (Phi) is 9.11. The second kappa shape index (κ2) is 11.6. The first-order chi connectivity index (χ1) is 12.8. The smallest absolute Gasteiger partial charge is 0.316 e. The second-order valence-corrected chi connectivity index (χ2v) is 6.74. The molecule has 2 aromatic rings. The summed E-state index contributed by atoms with van der Waals surface area (Å²) in [4.78, 5) is 8.65. The van der Waals surface area contributed by atoms with Crippen molar-refractivity contribution >= 4 is 0 Å². The number of aliphatic hydroxyl groups excluding tert-OH is 1. The van der Waals surface area contributed by atoms with Crippen molar-refractivity contribution < 1.29 is 9.84 Å². The maximum atomic E-state index is 10.2. The lowest BCUT2D eigenvalue weighted by Crippen LogP contribution is -2.02. The Bertz CT molecular complexity index is 628. The van der Waals surface area contributed by atoms with Crippen molar-refractivity contribution in [2.24, 2.45) is 0 Å². The van der Waals surface area contributed by atoms with E-state index in [2.05, 4.69) is 16.9 Å². The Labute approximate surface area is 157 Å². The van der Waals surface area contributed by atoms with E-state index >= 15 is 0 Å². The van der Waals surface area contributed by atoms with Crippen molar-refractivity contribution in [3.63, 3.8) is 0 Å². The molecule has 0 spiro atoms. The molecule has 0 saturated heterocycles. The number of hydrogen-bond acceptors (Lipinski definition) is 4. The molecule has 1 aromatic carbocycles. The minimum atomic E-state index is -0.473. The fraction of sp³-hybridized carbons (Fsp3) is 0.545. The van der Waals surface area contributed by atoms with Gasteiger partial charge in [0, 0.05) is 18.0 Å². The van der Waals surface area contributed by atoms with Crippen LogP contribution in [0.25, 0.3) is 11.1 Å². The lowest BCUT2D eigenvalue weighted by molar-refractivity contribution is 0.174. The van der Waals surface area contributed by atoms with Gasteiger partial charge in [-0.3, -0.25) is 0 Å². The van der Waals surface area contributed by atoms with Crippen molar-refractivity contribution in [1.82, 2.24) is 9.97 Å². The first-order valence-corrected chi connectivity index (χ1v) is 9.98. The Hall–Kier alpha value is -1.94. The summed E-state index contributed by atoms with van der Waals surface area (Å²) in [5, 5.41) is 10.2. The van der Waals surface area contributed by atoms with E-state index in [1.54, 1.807) is 12.4 Å². The summed E-state index contributed by atoms with van der Waals surface area (Å²) in [7, 11) is 0. The molecule has 4 nitrogen and oxygen atoms in total. The summed E-state index contributed by atoms with van der Waals surface area (Å²) in [5.41, 5.74) is 2.78. The molecule has 26 heavy (non-hydrogen) atoms. The van der Waals surface area contributed by atoms with Crippen LogP contribution >= 0.6 is 0 Å². The summed E-state index contributed by atoms with van der Waals surface area (Å²) in [6.07, 6.45) is 12.6. The minimum Gasteiger partial charge on any atom is -0.463 e. The number of rotatable bonds is 12. The normalized spacial score (nSPS) is 12.1. The fourth-order valence-electron chi connectivity index (χ4n) is 3.02. The van der Waals surface area contributed by atoms with Gasteiger partial charge in [-0.15, -0.1) is 0 Å². The molecule has 1 atom stereocenters. The molecule has 1 heterocycles. The lowest BCUT2D eigenvalue weighted by atomic mass is 9.97. The highest BCUT2D eigenvalue weighted by Gasteiger charge is 2.12. The van der Waals surface area contributed by atoms with E-state index < -0.39 is 6.10 Å². The van der Waals surface area contributed by atoms with Crippen molar-refractivity contribution in [3.8, 4) is 17.1 Å². The van der Waals surface area contributed by atoms with E-state index in [1.807, 2.05) is 31.2 Å². The van der Waals surface area contributed by atoms with Crippen LogP contribution < -0.4 is 4.74 Å². The Morgan fingerprint density at radius 2 is 1.58 bits per heavy atom. The van der Waals surface area contributed by atoms with Crippen LogP contribution in [-0.4, -0.2) is 21.7 Å². The third kappa shape index (κ3) is 6.41. The molecule has 0 aliphatic heterocycles. The van der Waals surface area contributed by atoms with Crippen molar-refractivity contribution in [2.45, 2.75) is 71.3 Å². The third-order valence-electron chi connectivity index (χ3n) is 4.62. The molecule has 1 N–H and O–H groups in total. The highest BCUT2D eigenvalue weighted by Crippen LogP contribution is 2.29. The molecule has 142 valence electrons. The number of unbranched alkanes of at least 4 members (excludes halogenated alkanes) is 6. The Morgan fingerprint density at radius 1 is 0.923 bits per heavy atom. The summed E-state index contributed by atoms with van der Waals surface area (Å²) in [5.74, 6) is 0. The number of aromatic nitrogens is 2. The van der Waals surface area contributed by atoms with Crippen LogP contribution in [0.3, 0.4) is 0 Å². The average molecular weight is 357 g/mol. The first-order valence-electron chi connectivity index (χ1n) is 9.98. The Morgan fingerprint density at radius 3 is 2.27 bits per heavy atom. The molecule has 0 bridgehead atoms. The zero-order valence-corrected chi connectivity index (χ0v) is 16.2. The fourth-order valence-corrected chi connectivity index (χ4v) is 3.02. The van der Waals surface area contributed by atoms with Crippen LogP contribution in [0.5, 0.6) is 6.01 Å². The van der Waals surface area contributed by atoms with Crippen LogP contribution in [0.2, 0.25) is 0 Å². The average Bonchev–Trinajstić information content (AvgIpc) is 2.70. The zero-order chi connectivity index (χ0) is 18.6. The van der Waals surface area contributed by atoms with Crippen molar-refractivity contribution in [3.05, 3.63) is 42.2 Å². The maximum Gasteiger partial charge on any atom is 0.316 e. The molecule has 1 aromatic heterocycles. The number of hydrogen-bond donors (Lipinski definition) is 1. The topological polar surface area (TPSA) is 55.2 Å². The molecular weight excluding hydrogens is 324 g/mol. The van der Waals surface area contributed by atoms with Crippen LogP contribution in [0, 0.1) is 0 Å². The first kappa shape index (κ1) is 20.4. The second-order valence-electron chi connectivity index (χ2n) is 6.74. The van der Waals surface area contributed by atoms with Gasteiger partial charge in [0.1, 0.15) is 0 Å². The summed E-state index contributed by atoms with van der Waals surface area (Å²) < 4.78 is 5.65. The van der Waals surface area contributed by atoms with Gasteiger partial charge >= 0.3 is 6.01 Å². The highest BCUT2D eigenvalue weighted by molar-refractivity contribution is 5.66. The third-order valence-corrected chi connectivity index (χ3v) is 4.62. The Balaban J connectivity index is 1.82. The number of benzene rings is 1. The van der Waals surface area contributed by atoms with Gasteiger partial charge in [-0.1, -0.05) is 76.6 Å². The molecule has 0 radical (unpaired) electrons. The minimum absolute atomic E-state index is 0.424. The number of aliphatic hydroxyl groups is 1. The molecule has 0 aliphatic rings. The van der Waals surface area contributed by atoms with Gasteiger partial charge in [0.05, 0.1) is 12.7 Å². The van der Waals surface area contributed by atoms with E-state index in [-0.39, 0.29) is 0 Å². The van der Waals surface area contributed by atoms with Crippen LogP contribution in [0.15, 0.2) is 36.7 Å². The molecule has 0 fully saturated rings. The van der Waals surface area contributed by atoms with E-state index in [4.69, 9.17) is 4.74 Å². The van der Waals surface area contributed by atoms with Gasteiger partial charge in [0.2, 0.25) is 0 Å². The lowest BCUT2D eigenvalue weighted by Gasteiger charge is -2.14. The van der Waals surface area contributed by atoms with Gasteiger partial charge in [-0.2, -0.15) is 0 Å². The van der Waals surface area contributed by atoms with E-state index in [0.717, 1.165) is 23.1 Å². The maximum absolute atomic E-state index is 10.2. The summed E-state index contributed by atoms with van der Waals surface area (Å²) in [6.45, 7) is 4.88. The summed E-state index contributed by atoms with van der Waals surface area (Å²) in [6, 6.07) is 8.28. The number of nitrogens with zero attached hydrogens (tertiary/aromatic N) is 2. The van der Waals surface area contributed by atoms with Gasteiger partial charge in [0.15, 0.2) is 0 Å². The monoisotopic (exact) mass is 356 g/mol. The van der Waals surface area contributed by atoms with Crippen LogP contribution in [0.4, 0.5) is 0 Å². The molecule has 4 heteroatoms. The molecule has 1 unspecified atom stereocenters. The van der Waals surface area contributed by atoms with Gasteiger partial charge < -0.3 is 9.84 Å². The molecule has 0 amide bonds. The molecular formula is C22H32N2O2. The number of ether oxygens (including phenoxy) is 1. The molecule has 0 aliphatic carbocycles. The van der Waals surface area contributed by atoms with Crippen LogP contribution in [-0.2, 0) is 0 Å². The van der Waals surface area contributed by atoms with E-state index in [9.17, 15) is 5.11 Å². The van der Waals surface area contributed by atoms with Crippen LogP contribution in [0.1, 0.15) is 76.9 Å². The van der Waals surface area contributed by atoms with Gasteiger partial charge in [-0.05, 0) is 24.0 Å². The molecule has 2 rings (SSSR count). The predicted molar refractivity (Wildman–Crippen MR) is 106 cm³/mol. The standard InChI is InChI=1S/C22H32N2O2/c1-3-5-6-7-8-9-12-15-26-22-23-16-18(17-24-22)19-13-10-11-14-20(19)21(25)4-2/h10-11,13-14,16-17,21,25H,3-9,12,15H2,1-2H3. The van der Waals surface area contributed by atoms with E-state index in [1.165, 1.54) is 38.5 Å². The highest BCUT2D eigenvalue weighted by atomic mass is 16.5. The van der Waals surface area contributed by atoms with Crippen molar-refractivity contribution in [2.75, 3.05) is 6.61 Å². The molecule has 0 saturated carbocycles. The predicted octanol–water partition coefficient (Wildman–Crippen LogP) is 5.72.